The van der Waals surface area contributed by atoms with Gasteiger partial charge < -0.3 is 14.7 Å². The second-order valence-electron chi connectivity index (χ2n) is 7.71. The van der Waals surface area contributed by atoms with Gasteiger partial charge in [-0.05, 0) is 54.4 Å². The lowest BCUT2D eigenvalue weighted by Crippen LogP contribution is -2.30. The Morgan fingerprint density at radius 1 is 0.971 bits per heavy atom. The van der Waals surface area contributed by atoms with Gasteiger partial charge in [-0.15, -0.1) is 0 Å². The molecule has 8 heteroatoms. The van der Waals surface area contributed by atoms with Gasteiger partial charge in [0.2, 0.25) is 5.91 Å². The minimum Gasteiger partial charge on any atom is -0.481 e. The van der Waals surface area contributed by atoms with Crippen molar-refractivity contribution in [3.05, 3.63) is 89.5 Å². The third-order valence-corrected chi connectivity index (χ3v) is 5.03. The Morgan fingerprint density at radius 3 is 2.35 bits per heavy atom. The number of para-hydroxylation sites is 1. The van der Waals surface area contributed by atoms with E-state index in [9.17, 15) is 22.8 Å². The number of ether oxygens (including phenoxy) is 1. The normalized spacial score (nSPS) is 11.2. The molecule has 5 nitrogen and oxygen atoms in total. The summed E-state index contributed by atoms with van der Waals surface area (Å²) in [6, 6.07) is 18.2. The van der Waals surface area contributed by atoms with E-state index in [0.29, 0.717) is 17.7 Å². The summed E-state index contributed by atoms with van der Waals surface area (Å²) in [5.41, 5.74) is 0.368. The van der Waals surface area contributed by atoms with Crippen LogP contribution in [0.3, 0.4) is 0 Å². The molecule has 0 spiro atoms. The van der Waals surface area contributed by atoms with Crippen molar-refractivity contribution in [3.63, 3.8) is 0 Å². The van der Waals surface area contributed by atoms with E-state index >= 15 is 0 Å². The van der Waals surface area contributed by atoms with Crippen LogP contribution < -0.4 is 9.64 Å². The van der Waals surface area contributed by atoms with E-state index in [0.717, 1.165) is 12.1 Å². The van der Waals surface area contributed by atoms with Crippen molar-refractivity contribution in [1.82, 2.24) is 0 Å². The number of aliphatic carboxylic acids is 1. The number of anilines is 1. The number of carbonyl (C=O) groups excluding carboxylic acids is 1. The number of carbonyl (C=O) groups is 2. The number of carboxylic acids is 1. The minimum absolute atomic E-state index is 0.128. The number of carboxylic acid groups (broad SMARTS) is 1. The maximum absolute atomic E-state index is 13.5. The van der Waals surface area contributed by atoms with Crippen LogP contribution in [-0.4, -0.2) is 17.0 Å². The van der Waals surface area contributed by atoms with Crippen molar-refractivity contribution < 1.29 is 32.6 Å². The molecule has 3 aromatic rings. The zero-order valence-electron chi connectivity index (χ0n) is 18.5. The molecule has 0 aromatic heterocycles. The van der Waals surface area contributed by atoms with Gasteiger partial charge >= 0.3 is 12.1 Å². The van der Waals surface area contributed by atoms with Crippen molar-refractivity contribution in [1.29, 1.82) is 0 Å². The van der Waals surface area contributed by atoms with Gasteiger partial charge in [-0.3, -0.25) is 9.59 Å². The second-order valence-corrected chi connectivity index (χ2v) is 7.71. The quantitative estimate of drug-likeness (QED) is 0.389. The maximum Gasteiger partial charge on any atom is 0.416 e. The fourth-order valence-corrected chi connectivity index (χ4v) is 3.45. The number of amides is 1. The Balaban J connectivity index is 2.01. The first-order valence-corrected chi connectivity index (χ1v) is 10.7. The molecule has 0 aliphatic carbocycles. The summed E-state index contributed by atoms with van der Waals surface area (Å²) in [6.45, 7) is 1.72. The van der Waals surface area contributed by atoms with Crippen LogP contribution in [0.2, 0.25) is 0 Å². The lowest BCUT2D eigenvalue weighted by Gasteiger charge is -2.25. The molecule has 0 atom stereocenters. The first-order valence-electron chi connectivity index (χ1n) is 10.7. The molecule has 178 valence electrons. The molecule has 3 rings (SSSR count). The number of halogens is 3. The molecule has 0 heterocycles. The summed E-state index contributed by atoms with van der Waals surface area (Å²) in [4.78, 5) is 25.3. The smallest absolute Gasteiger partial charge is 0.416 e. The Morgan fingerprint density at radius 2 is 1.71 bits per heavy atom. The summed E-state index contributed by atoms with van der Waals surface area (Å²) >= 11 is 0. The summed E-state index contributed by atoms with van der Waals surface area (Å²) in [7, 11) is 0. The van der Waals surface area contributed by atoms with Crippen molar-refractivity contribution in [2.45, 2.75) is 38.9 Å². The zero-order valence-corrected chi connectivity index (χ0v) is 18.5. The molecule has 0 saturated heterocycles. The van der Waals surface area contributed by atoms with Crippen molar-refractivity contribution >= 4 is 17.6 Å². The molecule has 0 saturated carbocycles. The zero-order chi connectivity index (χ0) is 24.7. The summed E-state index contributed by atoms with van der Waals surface area (Å²) in [5, 5.41) is 9.02. The third kappa shape index (κ3) is 6.60. The minimum atomic E-state index is -4.57. The van der Waals surface area contributed by atoms with Crippen LogP contribution in [-0.2, 0) is 28.7 Å². The molecule has 0 radical (unpaired) electrons. The molecule has 0 fully saturated rings. The molecule has 0 bridgehead atoms. The van der Waals surface area contributed by atoms with Gasteiger partial charge in [0.15, 0.2) is 0 Å². The van der Waals surface area contributed by atoms with Gasteiger partial charge in [0.1, 0.15) is 11.5 Å². The van der Waals surface area contributed by atoms with Crippen LogP contribution in [0.15, 0.2) is 72.8 Å². The average Bonchev–Trinajstić information content (AvgIpc) is 2.78. The van der Waals surface area contributed by atoms with Crippen molar-refractivity contribution in [2.75, 3.05) is 4.90 Å². The van der Waals surface area contributed by atoms with Crippen molar-refractivity contribution in [2.24, 2.45) is 0 Å². The van der Waals surface area contributed by atoms with E-state index in [1.54, 1.807) is 48.5 Å². The number of rotatable bonds is 9. The highest BCUT2D eigenvalue weighted by Gasteiger charge is 2.31. The fourth-order valence-electron chi connectivity index (χ4n) is 3.45. The Bertz CT molecular complexity index is 1150. The first kappa shape index (κ1) is 24.8. The van der Waals surface area contributed by atoms with E-state index < -0.39 is 17.7 Å². The number of benzene rings is 3. The molecule has 1 amide bonds. The monoisotopic (exact) mass is 471 g/mol. The van der Waals surface area contributed by atoms with Crippen LogP contribution in [0.5, 0.6) is 11.5 Å². The lowest BCUT2D eigenvalue weighted by atomic mass is 10.1. The Kier molecular flexibility index (Phi) is 7.94. The Hall–Kier alpha value is -3.81. The van der Waals surface area contributed by atoms with Gasteiger partial charge in [-0.2, -0.15) is 13.2 Å². The highest BCUT2D eigenvalue weighted by atomic mass is 19.4. The van der Waals surface area contributed by atoms with Crippen molar-refractivity contribution in [3.8, 4) is 11.5 Å². The predicted octanol–water partition coefficient (Wildman–Crippen LogP) is 6.46. The predicted molar refractivity (Wildman–Crippen MR) is 122 cm³/mol. The molecule has 3 aromatic carbocycles. The number of nitrogens with zero attached hydrogens (tertiary/aromatic N) is 1. The van der Waals surface area contributed by atoms with E-state index in [2.05, 4.69) is 0 Å². The van der Waals surface area contributed by atoms with Crippen LogP contribution in [0.4, 0.5) is 18.9 Å². The average molecular weight is 471 g/mol. The summed E-state index contributed by atoms with van der Waals surface area (Å²) in [6.07, 6.45) is -3.96. The number of hydrogen-bond donors (Lipinski definition) is 1. The molecule has 0 unspecified atom stereocenters. The molecule has 0 aliphatic rings. The van der Waals surface area contributed by atoms with Gasteiger partial charge in [0, 0.05) is 17.7 Å². The molecule has 34 heavy (non-hydrogen) atoms. The van der Waals surface area contributed by atoms with Gasteiger partial charge in [0.25, 0.3) is 0 Å². The van der Waals surface area contributed by atoms with E-state index in [1.165, 1.54) is 17.0 Å². The highest BCUT2D eigenvalue weighted by Crippen LogP contribution is 2.35. The van der Waals surface area contributed by atoms with Gasteiger partial charge in [-0.25, -0.2) is 0 Å². The largest absolute Gasteiger partial charge is 0.481 e. The van der Waals surface area contributed by atoms with Crippen LogP contribution in [0, 0.1) is 0 Å². The highest BCUT2D eigenvalue weighted by molar-refractivity contribution is 5.93. The second kappa shape index (κ2) is 10.9. The van der Waals surface area contributed by atoms with E-state index in [1.807, 2.05) is 6.92 Å². The van der Waals surface area contributed by atoms with Gasteiger partial charge in [-0.1, -0.05) is 37.3 Å². The van der Waals surface area contributed by atoms with Gasteiger partial charge in [0.05, 0.1) is 18.5 Å². The molecule has 0 aliphatic heterocycles. The number of hydrogen-bond acceptors (Lipinski definition) is 3. The molecular weight excluding hydrogens is 447 g/mol. The maximum atomic E-state index is 13.5. The van der Waals surface area contributed by atoms with Crippen LogP contribution >= 0.6 is 0 Å². The SMILES string of the molecule is CCCC(=O)N(Cc1cc(C(F)(F)F)ccc1Oc1cccc(CC(=O)O)c1)c1ccccc1. The van der Waals surface area contributed by atoms with E-state index in [-0.39, 0.29) is 42.4 Å². The number of alkyl halides is 3. The summed E-state index contributed by atoms with van der Waals surface area (Å²) < 4.78 is 46.3. The van der Waals surface area contributed by atoms with Crippen LogP contribution in [0.25, 0.3) is 0 Å². The first-order chi connectivity index (χ1) is 16.2. The molecular formula is C26H24F3NO4. The van der Waals surface area contributed by atoms with E-state index in [4.69, 9.17) is 9.84 Å². The van der Waals surface area contributed by atoms with Crippen LogP contribution in [0.1, 0.15) is 36.5 Å². The summed E-state index contributed by atoms with van der Waals surface area (Å²) in [5.74, 6) is -0.808. The lowest BCUT2D eigenvalue weighted by molar-refractivity contribution is -0.138. The fraction of sp³-hybridized carbons (Fsp3) is 0.231. The standard InChI is InChI=1S/C26H24F3NO4/c1-2-7-24(31)30(21-9-4-3-5-10-21)17-19-16-20(26(27,28)29)12-13-23(19)34-22-11-6-8-18(14-22)15-25(32)33/h3-6,8-14,16H,2,7,15,17H2,1H3,(H,32,33). The third-order valence-electron chi connectivity index (χ3n) is 5.03. The Labute approximate surface area is 195 Å². The topological polar surface area (TPSA) is 66.8 Å². The molecule has 1 N–H and O–H groups in total.